The first kappa shape index (κ1) is 38.5. The lowest BCUT2D eigenvalue weighted by atomic mass is 10.0. The first-order chi connectivity index (χ1) is 27.4. The molecule has 0 heterocycles. The maximum absolute atomic E-state index is 13.7. The van der Waals surface area contributed by atoms with Gasteiger partial charge in [0.2, 0.25) is 0 Å². The van der Waals surface area contributed by atoms with E-state index in [4.69, 9.17) is 9.47 Å². The topological polar surface area (TPSA) is 135 Å². The van der Waals surface area contributed by atoms with Crippen molar-refractivity contribution in [2.45, 2.75) is 13.8 Å². The van der Waals surface area contributed by atoms with Crippen LogP contribution in [-0.4, -0.2) is 49.9 Å². The Bertz CT molecular complexity index is 2260. The van der Waals surface area contributed by atoms with Gasteiger partial charge in [-0.3, -0.25) is 19.2 Å². The molecule has 0 saturated carbocycles. The van der Waals surface area contributed by atoms with Gasteiger partial charge in [-0.2, -0.15) is 0 Å². The van der Waals surface area contributed by atoms with Crippen LogP contribution in [0.5, 0.6) is 11.5 Å². The number of fused-ring (bicyclic) bond motifs is 2. The number of carbonyl (C=O) groups is 4. The van der Waals surface area contributed by atoms with Crippen LogP contribution in [0.25, 0.3) is 33.7 Å². The molecule has 4 amide bonds. The van der Waals surface area contributed by atoms with Crippen molar-refractivity contribution in [2.75, 3.05) is 26.3 Å². The van der Waals surface area contributed by atoms with Crippen molar-refractivity contribution >= 4 is 57.3 Å². The van der Waals surface area contributed by atoms with Crippen molar-refractivity contribution in [3.8, 4) is 11.5 Å². The molecule has 0 radical (unpaired) electrons. The standard InChI is InChI=1S/C46H42N4O6/c1-3-55-41-25-23-33(35-19-11-13-21-37(35)41)29-39(49-43(51)31-15-7-5-8-16-31)45(53)47-27-28-48-46(54)40(50-44(52)32-17-9-6-10-18-32)30-34-24-26-42(56-4-2)38-22-14-12-20-36(34)38/h5-26,29-30H,3-4,27-28H2,1-2H3,(H,47,53)(H,48,54)(H,49,51)(H,50,52)/b39-29-,40-30+. The summed E-state index contributed by atoms with van der Waals surface area (Å²) in [4.78, 5) is 54.0. The van der Waals surface area contributed by atoms with Crippen molar-refractivity contribution in [3.63, 3.8) is 0 Å². The summed E-state index contributed by atoms with van der Waals surface area (Å²) in [5, 5.41) is 14.6. The summed E-state index contributed by atoms with van der Waals surface area (Å²) >= 11 is 0. The predicted molar refractivity (Wildman–Crippen MR) is 220 cm³/mol. The van der Waals surface area contributed by atoms with E-state index in [-0.39, 0.29) is 24.5 Å². The van der Waals surface area contributed by atoms with E-state index in [2.05, 4.69) is 21.3 Å². The summed E-state index contributed by atoms with van der Waals surface area (Å²) < 4.78 is 11.6. The van der Waals surface area contributed by atoms with Crippen LogP contribution < -0.4 is 30.7 Å². The zero-order chi connectivity index (χ0) is 39.3. The fourth-order valence-corrected chi connectivity index (χ4v) is 6.14. The Labute approximate surface area is 325 Å². The van der Waals surface area contributed by atoms with Crippen LogP contribution in [-0.2, 0) is 9.59 Å². The van der Waals surface area contributed by atoms with E-state index >= 15 is 0 Å². The Morgan fingerprint density at radius 3 is 1.20 bits per heavy atom. The maximum atomic E-state index is 13.7. The number of carbonyl (C=O) groups excluding carboxylic acids is 4. The first-order valence-electron chi connectivity index (χ1n) is 18.4. The highest BCUT2D eigenvalue weighted by molar-refractivity contribution is 6.08. The SMILES string of the molecule is CCOc1ccc(/C=C(\NC(=O)c2ccccc2)C(=O)NCCNC(=O)/C(=C\c2ccc(OCC)c3ccccc23)NC(=O)c2ccccc2)c2ccccc12. The van der Waals surface area contributed by atoms with Crippen molar-refractivity contribution in [1.82, 2.24) is 21.3 Å². The van der Waals surface area contributed by atoms with E-state index in [1.807, 2.05) is 86.6 Å². The lowest BCUT2D eigenvalue weighted by Crippen LogP contribution is -2.41. The Hall–Kier alpha value is -7.20. The van der Waals surface area contributed by atoms with E-state index < -0.39 is 23.6 Å². The predicted octanol–water partition coefficient (Wildman–Crippen LogP) is 7.26. The van der Waals surface area contributed by atoms with Gasteiger partial charge in [0.1, 0.15) is 22.9 Å². The molecule has 0 saturated heterocycles. The van der Waals surface area contributed by atoms with Crippen molar-refractivity contribution in [1.29, 1.82) is 0 Å². The van der Waals surface area contributed by atoms with Gasteiger partial charge in [0.15, 0.2) is 0 Å². The van der Waals surface area contributed by atoms with Crippen LogP contribution >= 0.6 is 0 Å². The molecule has 0 bridgehead atoms. The minimum absolute atomic E-state index is 0.0116. The largest absolute Gasteiger partial charge is 0.493 e. The molecular weight excluding hydrogens is 705 g/mol. The van der Waals surface area contributed by atoms with Crippen LogP contribution in [0, 0.1) is 0 Å². The summed E-state index contributed by atoms with van der Waals surface area (Å²) in [6.45, 7) is 4.83. The molecule has 6 rings (SSSR count). The summed E-state index contributed by atoms with van der Waals surface area (Å²) in [6, 6.07) is 39.8. The van der Waals surface area contributed by atoms with Crippen LogP contribution in [0.2, 0.25) is 0 Å². The second-order valence-electron chi connectivity index (χ2n) is 12.5. The van der Waals surface area contributed by atoms with Gasteiger partial charge in [-0.15, -0.1) is 0 Å². The fourth-order valence-electron chi connectivity index (χ4n) is 6.14. The lowest BCUT2D eigenvalue weighted by Gasteiger charge is -2.15. The number of benzene rings is 6. The van der Waals surface area contributed by atoms with E-state index in [0.717, 1.165) is 21.5 Å². The van der Waals surface area contributed by atoms with Crippen LogP contribution in [0.15, 0.2) is 145 Å². The fraction of sp³-hybridized carbons (Fsp3) is 0.130. The van der Waals surface area contributed by atoms with E-state index in [0.29, 0.717) is 47.0 Å². The zero-order valence-corrected chi connectivity index (χ0v) is 31.1. The molecule has 10 nitrogen and oxygen atoms in total. The Morgan fingerprint density at radius 2 is 0.821 bits per heavy atom. The number of hydrogen-bond donors (Lipinski definition) is 4. The lowest BCUT2D eigenvalue weighted by molar-refractivity contribution is -0.119. The molecule has 10 heteroatoms. The van der Waals surface area contributed by atoms with Gasteiger partial charge in [0, 0.05) is 35.0 Å². The Kier molecular flexibility index (Phi) is 12.9. The molecule has 282 valence electrons. The van der Waals surface area contributed by atoms with Crippen LogP contribution in [0.3, 0.4) is 0 Å². The molecule has 0 aliphatic carbocycles. The third kappa shape index (κ3) is 9.47. The number of hydrogen-bond acceptors (Lipinski definition) is 6. The van der Waals surface area contributed by atoms with E-state index in [1.165, 1.54) is 0 Å². The van der Waals surface area contributed by atoms with E-state index in [1.54, 1.807) is 72.8 Å². The molecule has 0 aromatic heterocycles. The summed E-state index contributed by atoms with van der Waals surface area (Å²) in [5.74, 6) is -0.618. The average Bonchev–Trinajstić information content (AvgIpc) is 3.24. The van der Waals surface area contributed by atoms with Gasteiger partial charge in [-0.1, -0.05) is 97.1 Å². The monoisotopic (exact) mass is 746 g/mol. The molecular formula is C46H42N4O6. The highest BCUT2D eigenvalue weighted by Gasteiger charge is 2.18. The molecule has 6 aromatic carbocycles. The number of nitrogens with one attached hydrogen (secondary N) is 4. The Balaban J connectivity index is 1.22. The minimum Gasteiger partial charge on any atom is -0.493 e. The zero-order valence-electron chi connectivity index (χ0n) is 31.1. The average molecular weight is 747 g/mol. The van der Waals surface area contributed by atoms with Crippen LogP contribution in [0.4, 0.5) is 0 Å². The smallest absolute Gasteiger partial charge is 0.267 e. The molecule has 4 N–H and O–H groups in total. The van der Waals surface area contributed by atoms with Gasteiger partial charge < -0.3 is 30.7 Å². The van der Waals surface area contributed by atoms with Gasteiger partial charge in [-0.05, 0) is 84.3 Å². The van der Waals surface area contributed by atoms with Crippen molar-refractivity contribution < 1.29 is 28.7 Å². The molecule has 0 spiro atoms. The molecule has 6 aromatic rings. The molecule has 0 fully saturated rings. The third-order valence-electron chi connectivity index (χ3n) is 8.79. The normalized spacial score (nSPS) is 11.5. The Morgan fingerprint density at radius 1 is 0.464 bits per heavy atom. The van der Waals surface area contributed by atoms with Crippen LogP contribution in [0.1, 0.15) is 45.7 Å². The summed E-state index contributed by atoms with van der Waals surface area (Å²) in [6.07, 6.45) is 3.24. The maximum Gasteiger partial charge on any atom is 0.267 e. The van der Waals surface area contributed by atoms with Gasteiger partial charge in [0.05, 0.1) is 13.2 Å². The molecule has 0 aliphatic rings. The van der Waals surface area contributed by atoms with E-state index in [9.17, 15) is 19.2 Å². The number of rotatable bonds is 15. The third-order valence-corrected chi connectivity index (χ3v) is 8.79. The highest BCUT2D eigenvalue weighted by Crippen LogP contribution is 2.31. The minimum atomic E-state index is -0.560. The number of amides is 4. The summed E-state index contributed by atoms with van der Waals surface area (Å²) in [7, 11) is 0. The first-order valence-corrected chi connectivity index (χ1v) is 18.4. The van der Waals surface area contributed by atoms with Gasteiger partial charge in [0.25, 0.3) is 23.6 Å². The second-order valence-corrected chi connectivity index (χ2v) is 12.5. The second kappa shape index (κ2) is 18.7. The molecule has 0 atom stereocenters. The molecule has 0 aliphatic heterocycles. The quantitative estimate of drug-likeness (QED) is 0.0646. The van der Waals surface area contributed by atoms with Crippen molar-refractivity contribution in [2.24, 2.45) is 0 Å². The number of ether oxygens (including phenoxy) is 2. The summed E-state index contributed by atoms with van der Waals surface area (Å²) in [5.41, 5.74) is 2.18. The van der Waals surface area contributed by atoms with Gasteiger partial charge >= 0.3 is 0 Å². The molecule has 0 unspecified atom stereocenters. The highest BCUT2D eigenvalue weighted by atomic mass is 16.5. The van der Waals surface area contributed by atoms with Gasteiger partial charge in [-0.25, -0.2) is 0 Å². The van der Waals surface area contributed by atoms with Crippen molar-refractivity contribution in [3.05, 3.63) is 167 Å². The molecule has 56 heavy (non-hydrogen) atoms.